The normalized spacial score (nSPS) is 20.0. The zero-order chi connectivity index (χ0) is 20.4. The molecule has 1 atom stereocenters. The summed E-state index contributed by atoms with van der Waals surface area (Å²) < 4.78 is 43.2. The van der Waals surface area contributed by atoms with Gasteiger partial charge in [0.2, 0.25) is 0 Å². The highest BCUT2D eigenvalue weighted by molar-refractivity contribution is 5.89. The maximum Gasteiger partial charge on any atom is 0.163 e. The van der Waals surface area contributed by atoms with Crippen molar-refractivity contribution in [1.82, 2.24) is 9.47 Å². The summed E-state index contributed by atoms with van der Waals surface area (Å²) >= 11 is 0. The maximum absolute atomic E-state index is 14.1. The zero-order valence-corrected chi connectivity index (χ0v) is 16.1. The minimum atomic E-state index is -0.991. The molecule has 2 heterocycles. The Balaban J connectivity index is 1.96. The first-order chi connectivity index (χ1) is 14.2. The lowest BCUT2D eigenvalue weighted by atomic mass is 9.94. The fourth-order valence-electron chi connectivity index (χ4n) is 4.57. The van der Waals surface area contributed by atoms with Gasteiger partial charge in [-0.2, -0.15) is 5.26 Å². The molecule has 2 aromatic rings. The van der Waals surface area contributed by atoms with Crippen molar-refractivity contribution in [2.45, 2.75) is 50.4 Å². The smallest absolute Gasteiger partial charge is 0.163 e. The molecule has 0 amide bonds. The van der Waals surface area contributed by atoms with Crippen LogP contribution in [0.4, 0.5) is 13.2 Å². The van der Waals surface area contributed by atoms with Gasteiger partial charge >= 0.3 is 0 Å². The van der Waals surface area contributed by atoms with Gasteiger partial charge in [-0.05, 0) is 37.1 Å². The molecule has 1 aliphatic heterocycles. The van der Waals surface area contributed by atoms with Crippen LogP contribution >= 0.6 is 0 Å². The van der Waals surface area contributed by atoms with Crippen LogP contribution in [-0.4, -0.2) is 35.1 Å². The molecule has 1 unspecified atom stereocenters. The molecule has 0 bridgehead atoms. The minimum Gasteiger partial charge on any atom is -0.343 e. The second-order valence-corrected chi connectivity index (χ2v) is 7.62. The summed E-state index contributed by atoms with van der Waals surface area (Å²) in [6, 6.07) is 5.76. The van der Waals surface area contributed by atoms with Gasteiger partial charge in [0, 0.05) is 23.8 Å². The Morgan fingerprint density at radius 1 is 1.17 bits per heavy atom. The molecule has 29 heavy (non-hydrogen) atoms. The molecule has 2 aliphatic rings. The van der Waals surface area contributed by atoms with E-state index in [9.17, 15) is 18.4 Å². The van der Waals surface area contributed by atoms with E-state index in [4.69, 9.17) is 0 Å². The average Bonchev–Trinajstić information content (AvgIpc) is 3.08. The van der Waals surface area contributed by atoms with Crippen LogP contribution in [0.1, 0.15) is 55.6 Å². The summed E-state index contributed by atoms with van der Waals surface area (Å²) in [6.45, 7) is -1.74. The molecule has 1 saturated carbocycles. The Hall–Kier alpha value is -2.75. The molecular formula is C22H23F3N4. The lowest BCUT2D eigenvalue weighted by Crippen LogP contribution is -2.39. The number of nitriles is 1. The first-order valence-corrected chi connectivity index (χ1v) is 10.0. The van der Waals surface area contributed by atoms with Crippen molar-refractivity contribution in [3.8, 4) is 6.07 Å². The van der Waals surface area contributed by atoms with E-state index in [1.807, 2.05) is 4.57 Å². The van der Waals surface area contributed by atoms with Crippen LogP contribution in [0, 0.1) is 17.1 Å². The van der Waals surface area contributed by atoms with E-state index in [1.54, 1.807) is 24.6 Å². The van der Waals surface area contributed by atoms with E-state index in [-0.39, 0.29) is 11.9 Å². The van der Waals surface area contributed by atoms with Crippen LogP contribution in [0.3, 0.4) is 0 Å². The molecule has 1 aromatic carbocycles. The molecular weight excluding hydrogens is 377 g/mol. The van der Waals surface area contributed by atoms with Crippen molar-refractivity contribution in [3.63, 3.8) is 0 Å². The molecule has 0 radical (unpaired) electrons. The minimum absolute atomic E-state index is 0.0994. The van der Waals surface area contributed by atoms with Crippen molar-refractivity contribution in [2.75, 3.05) is 13.3 Å². The number of nitrogens with zero attached hydrogens (tertiary/aromatic N) is 4. The van der Waals surface area contributed by atoms with Crippen LogP contribution in [0.2, 0.25) is 0 Å². The number of halogens is 3. The van der Waals surface area contributed by atoms with Crippen LogP contribution in [0.25, 0.3) is 10.9 Å². The van der Waals surface area contributed by atoms with Crippen molar-refractivity contribution in [1.29, 1.82) is 5.26 Å². The predicted molar refractivity (Wildman–Crippen MR) is 107 cm³/mol. The second-order valence-electron chi connectivity index (χ2n) is 7.62. The fraction of sp³-hybridized carbons (Fsp3) is 0.455. The van der Waals surface area contributed by atoms with Gasteiger partial charge in [-0.15, -0.1) is 0 Å². The molecule has 4 rings (SSSR count). The van der Waals surface area contributed by atoms with E-state index in [0.29, 0.717) is 22.2 Å². The highest BCUT2D eigenvalue weighted by Gasteiger charge is 2.34. The van der Waals surface area contributed by atoms with Crippen LogP contribution in [0.5, 0.6) is 0 Å². The standard InChI is InChI=1S/C22H23F3N4/c23-12-17(13-24)28-10-4-9-27-22(28)21-19(14-26)18-8-7-15(25)11-20(18)29(21)16-5-2-1-3-6-16/h4,7-11,16-17,22H,1-3,5-6,12-13H2. The summed E-state index contributed by atoms with van der Waals surface area (Å²) in [5.74, 6) is -0.377. The number of hydrogen-bond donors (Lipinski definition) is 0. The van der Waals surface area contributed by atoms with Crippen molar-refractivity contribution in [3.05, 3.63) is 47.5 Å². The molecule has 4 nitrogen and oxygen atoms in total. The topological polar surface area (TPSA) is 44.3 Å². The largest absolute Gasteiger partial charge is 0.343 e. The van der Waals surface area contributed by atoms with Crippen LogP contribution < -0.4 is 0 Å². The molecule has 1 aliphatic carbocycles. The summed E-state index contributed by atoms with van der Waals surface area (Å²) in [4.78, 5) is 6.03. The highest BCUT2D eigenvalue weighted by atomic mass is 19.1. The zero-order valence-electron chi connectivity index (χ0n) is 16.1. The first kappa shape index (κ1) is 19.6. The summed E-state index contributed by atoms with van der Waals surface area (Å²) in [6.07, 6.45) is 9.18. The van der Waals surface area contributed by atoms with Gasteiger partial charge in [-0.1, -0.05) is 19.3 Å². The van der Waals surface area contributed by atoms with Crippen LogP contribution in [0.15, 0.2) is 35.5 Å². The first-order valence-electron chi connectivity index (χ1n) is 10.0. The Kier molecular flexibility index (Phi) is 5.61. The van der Waals surface area contributed by atoms with E-state index < -0.39 is 25.6 Å². The average molecular weight is 400 g/mol. The van der Waals surface area contributed by atoms with Crippen molar-refractivity contribution >= 4 is 17.1 Å². The Morgan fingerprint density at radius 3 is 2.62 bits per heavy atom. The van der Waals surface area contributed by atoms with Gasteiger partial charge in [0.05, 0.1) is 22.8 Å². The van der Waals surface area contributed by atoms with E-state index in [1.165, 1.54) is 17.0 Å². The molecule has 152 valence electrons. The molecule has 0 spiro atoms. The molecule has 0 N–H and O–H groups in total. The van der Waals surface area contributed by atoms with E-state index in [2.05, 4.69) is 11.1 Å². The van der Waals surface area contributed by atoms with Crippen molar-refractivity contribution < 1.29 is 13.2 Å². The third-order valence-electron chi connectivity index (χ3n) is 5.93. The monoisotopic (exact) mass is 400 g/mol. The Labute approximate surface area is 167 Å². The number of alkyl halides is 2. The number of allylic oxidation sites excluding steroid dienone is 1. The van der Waals surface area contributed by atoms with Gasteiger partial charge in [-0.25, -0.2) is 13.2 Å². The number of rotatable bonds is 5. The Bertz CT molecular complexity index is 978. The van der Waals surface area contributed by atoms with Gasteiger partial charge in [0.25, 0.3) is 0 Å². The second kappa shape index (κ2) is 8.32. The molecule has 7 heteroatoms. The lowest BCUT2D eigenvalue weighted by molar-refractivity contribution is 0.141. The number of aromatic nitrogens is 1. The number of fused-ring (bicyclic) bond motifs is 1. The summed E-state index contributed by atoms with van der Waals surface area (Å²) in [7, 11) is 0. The van der Waals surface area contributed by atoms with Gasteiger partial charge < -0.3 is 9.47 Å². The lowest BCUT2D eigenvalue weighted by Gasteiger charge is -2.36. The Morgan fingerprint density at radius 2 is 1.93 bits per heavy atom. The number of benzene rings is 1. The molecule has 1 aromatic heterocycles. The van der Waals surface area contributed by atoms with Gasteiger partial charge in [0.1, 0.15) is 25.2 Å². The highest BCUT2D eigenvalue weighted by Crippen LogP contribution is 2.41. The third-order valence-corrected chi connectivity index (χ3v) is 5.93. The summed E-state index contributed by atoms with van der Waals surface area (Å²) in [5.41, 5.74) is 1.63. The predicted octanol–water partition coefficient (Wildman–Crippen LogP) is 5.36. The molecule has 1 fully saturated rings. The quantitative estimate of drug-likeness (QED) is 0.678. The van der Waals surface area contributed by atoms with Gasteiger partial charge in [-0.3, -0.25) is 4.99 Å². The summed E-state index contributed by atoms with van der Waals surface area (Å²) in [5, 5.41) is 10.6. The maximum atomic E-state index is 14.1. The van der Waals surface area contributed by atoms with Crippen molar-refractivity contribution in [2.24, 2.45) is 4.99 Å². The van der Waals surface area contributed by atoms with Crippen LogP contribution in [-0.2, 0) is 0 Å². The number of hydrogen-bond acceptors (Lipinski definition) is 3. The number of aliphatic imine (C=N–C) groups is 1. The van der Waals surface area contributed by atoms with E-state index >= 15 is 0 Å². The molecule has 0 saturated heterocycles. The fourth-order valence-corrected chi connectivity index (χ4v) is 4.57. The van der Waals surface area contributed by atoms with E-state index in [0.717, 1.165) is 32.1 Å². The van der Waals surface area contributed by atoms with Gasteiger partial charge in [0.15, 0.2) is 6.17 Å². The SMILES string of the molecule is N#Cc1c(C2N=CC=CN2C(CF)CF)n(C2CCCCC2)c2cc(F)ccc12. The third kappa shape index (κ3) is 3.41.